The highest BCUT2D eigenvalue weighted by Crippen LogP contribution is 2.47. The Labute approximate surface area is 151 Å². The highest BCUT2D eigenvalue weighted by molar-refractivity contribution is 14.2. The Morgan fingerprint density at radius 3 is 1.43 bits per heavy atom. The number of nitrogens with one attached hydrogen (secondary N) is 2. The van der Waals surface area contributed by atoms with Crippen molar-refractivity contribution < 1.29 is 23.6 Å². The van der Waals surface area contributed by atoms with Gasteiger partial charge in [-0.2, -0.15) is 0 Å². The largest absolute Gasteiger partial charge is 0.468 e. The molecular formula is C14H28IN2O5P. The van der Waals surface area contributed by atoms with Gasteiger partial charge in [0.05, 0.1) is 14.2 Å². The maximum Gasteiger partial charge on any atom is 0.323 e. The first-order valence-corrected chi connectivity index (χ1v) is 12.0. The fourth-order valence-corrected chi connectivity index (χ4v) is 5.38. The number of halogens is 1. The molecule has 0 aromatic heterocycles. The molecule has 0 radical (unpaired) electrons. The maximum atomic E-state index is 12.8. The number of rotatable bonds is 10. The van der Waals surface area contributed by atoms with Gasteiger partial charge in [-0.3, -0.25) is 14.2 Å². The van der Waals surface area contributed by atoms with Crippen molar-refractivity contribution in [1.82, 2.24) is 10.2 Å². The zero-order valence-corrected chi connectivity index (χ0v) is 17.6. The van der Waals surface area contributed by atoms with Crippen LogP contribution in [-0.4, -0.2) is 38.2 Å². The van der Waals surface area contributed by atoms with Gasteiger partial charge in [0.1, 0.15) is 12.1 Å². The SMILES string of the molecule is COC(=O)[C@H](CC(C)C)NP(=O)(I)N[C@@H](CC(C)C)C(=O)OC. The van der Waals surface area contributed by atoms with Gasteiger partial charge in [-0.15, -0.1) is 0 Å². The molecule has 0 aliphatic heterocycles. The standard InChI is InChI=1S/C14H28IN2O5P/c1-9(2)7-11(13(18)21-5)16-23(15,20)17-12(8-10(3)4)14(19)22-6/h9-12H,7-8H2,1-6H3,(H2,16,17,20)/t11-,12-/m0/s1. The molecule has 9 heteroatoms. The Hall–Kier alpha value is -0.180. The molecule has 0 saturated heterocycles. The lowest BCUT2D eigenvalue weighted by atomic mass is 10.1. The Morgan fingerprint density at radius 1 is 0.913 bits per heavy atom. The number of hydrogen-bond donors (Lipinski definition) is 2. The van der Waals surface area contributed by atoms with Crippen LogP contribution in [0.4, 0.5) is 0 Å². The smallest absolute Gasteiger partial charge is 0.323 e. The van der Waals surface area contributed by atoms with Crippen LogP contribution in [-0.2, 0) is 23.6 Å². The second-order valence-corrected chi connectivity index (χ2v) is 11.9. The molecule has 0 spiro atoms. The minimum atomic E-state index is -3.18. The van der Waals surface area contributed by atoms with Crippen LogP contribution in [0.25, 0.3) is 0 Å². The highest BCUT2D eigenvalue weighted by atomic mass is 127. The molecule has 2 N–H and O–H groups in total. The van der Waals surface area contributed by atoms with E-state index in [0.29, 0.717) is 12.8 Å². The van der Waals surface area contributed by atoms with E-state index in [9.17, 15) is 14.2 Å². The van der Waals surface area contributed by atoms with Crippen molar-refractivity contribution in [2.75, 3.05) is 14.2 Å². The number of methoxy groups -OCH3 is 2. The van der Waals surface area contributed by atoms with Gasteiger partial charge in [0.25, 0.3) is 5.09 Å². The van der Waals surface area contributed by atoms with Crippen molar-refractivity contribution >= 4 is 39.1 Å². The summed E-state index contributed by atoms with van der Waals surface area (Å²) < 4.78 is 22.3. The van der Waals surface area contributed by atoms with E-state index in [1.807, 2.05) is 27.7 Å². The predicted molar refractivity (Wildman–Crippen MR) is 98.4 cm³/mol. The summed E-state index contributed by atoms with van der Waals surface area (Å²) in [5, 5.41) is 2.43. The zero-order chi connectivity index (χ0) is 18.2. The molecule has 0 amide bonds. The van der Waals surface area contributed by atoms with Gasteiger partial charge in [-0.1, -0.05) is 27.7 Å². The molecular weight excluding hydrogens is 434 g/mol. The lowest BCUT2D eigenvalue weighted by Gasteiger charge is -2.26. The quantitative estimate of drug-likeness (QED) is 0.293. The van der Waals surface area contributed by atoms with Crippen LogP contribution in [0.3, 0.4) is 0 Å². The summed E-state index contributed by atoms with van der Waals surface area (Å²) >= 11 is 1.72. The first-order valence-electron chi connectivity index (χ1n) is 7.53. The first-order chi connectivity index (χ1) is 10.5. The fraction of sp³-hybridized carbons (Fsp3) is 0.857. The van der Waals surface area contributed by atoms with Gasteiger partial charge in [0.15, 0.2) is 0 Å². The van der Waals surface area contributed by atoms with E-state index in [1.54, 1.807) is 22.0 Å². The second-order valence-electron chi connectivity index (χ2n) is 6.20. The van der Waals surface area contributed by atoms with Crippen LogP contribution in [0.2, 0.25) is 0 Å². The monoisotopic (exact) mass is 462 g/mol. The summed E-state index contributed by atoms with van der Waals surface area (Å²) in [6, 6.07) is -1.40. The van der Waals surface area contributed by atoms with Crippen LogP contribution in [0.15, 0.2) is 0 Å². The second kappa shape index (κ2) is 10.6. The third-order valence-corrected chi connectivity index (χ3v) is 5.99. The Bertz CT molecular complexity index is 409. The van der Waals surface area contributed by atoms with E-state index in [2.05, 4.69) is 10.2 Å². The lowest BCUT2D eigenvalue weighted by molar-refractivity contribution is -0.143. The molecule has 0 unspecified atom stereocenters. The molecule has 0 rings (SSSR count). The number of carbonyl (C=O) groups is 2. The Balaban J connectivity index is 5.07. The molecule has 0 bridgehead atoms. The fourth-order valence-electron chi connectivity index (χ4n) is 2.07. The van der Waals surface area contributed by atoms with Crippen molar-refractivity contribution in [3.63, 3.8) is 0 Å². The molecule has 23 heavy (non-hydrogen) atoms. The predicted octanol–water partition coefficient (Wildman–Crippen LogP) is 2.88. The number of ether oxygens (including phenoxy) is 2. The Morgan fingerprint density at radius 2 is 1.22 bits per heavy atom. The summed E-state index contributed by atoms with van der Waals surface area (Å²) in [4.78, 5) is 23.7. The van der Waals surface area contributed by atoms with Crippen molar-refractivity contribution in [1.29, 1.82) is 0 Å². The summed E-state index contributed by atoms with van der Waals surface area (Å²) in [6.45, 7) is 7.83. The van der Waals surface area contributed by atoms with Crippen LogP contribution < -0.4 is 10.2 Å². The summed E-state index contributed by atoms with van der Waals surface area (Å²) in [7, 11) is 2.58. The van der Waals surface area contributed by atoms with Crippen LogP contribution in [0.5, 0.6) is 0 Å². The number of esters is 2. The van der Waals surface area contributed by atoms with Crippen LogP contribution in [0.1, 0.15) is 40.5 Å². The molecule has 0 aliphatic carbocycles. The van der Waals surface area contributed by atoms with Gasteiger partial charge in [-0.25, -0.2) is 10.2 Å². The zero-order valence-electron chi connectivity index (χ0n) is 14.6. The minimum absolute atomic E-state index is 0.218. The van der Waals surface area contributed by atoms with Gasteiger partial charge in [0, 0.05) is 22.0 Å². The molecule has 0 aliphatic rings. The third kappa shape index (κ3) is 9.64. The molecule has 7 nitrogen and oxygen atoms in total. The van der Waals surface area contributed by atoms with E-state index in [1.165, 1.54) is 14.2 Å². The Kier molecular flexibility index (Phi) is 10.6. The topological polar surface area (TPSA) is 93.7 Å². The van der Waals surface area contributed by atoms with Gasteiger partial charge < -0.3 is 9.47 Å². The van der Waals surface area contributed by atoms with Crippen molar-refractivity contribution in [3.05, 3.63) is 0 Å². The van der Waals surface area contributed by atoms with Gasteiger partial charge >= 0.3 is 11.9 Å². The van der Waals surface area contributed by atoms with Crippen molar-refractivity contribution in [3.8, 4) is 0 Å². The van der Waals surface area contributed by atoms with Crippen molar-refractivity contribution in [2.24, 2.45) is 11.8 Å². The molecule has 2 atom stereocenters. The highest BCUT2D eigenvalue weighted by Gasteiger charge is 2.33. The van der Waals surface area contributed by atoms with E-state index in [-0.39, 0.29) is 11.8 Å². The van der Waals surface area contributed by atoms with Crippen LogP contribution >= 0.6 is 27.1 Å². The first kappa shape index (κ1) is 22.8. The normalized spacial score (nSPS) is 14.7. The van der Waals surface area contributed by atoms with Crippen molar-refractivity contribution in [2.45, 2.75) is 52.6 Å². The molecule has 0 fully saturated rings. The molecule has 136 valence electrons. The van der Waals surface area contributed by atoms with Gasteiger partial charge in [-0.05, 0) is 24.7 Å². The molecule has 0 aromatic rings. The third-order valence-electron chi connectivity index (χ3n) is 3.03. The van der Waals surface area contributed by atoms with E-state index < -0.39 is 29.1 Å². The number of carbonyl (C=O) groups excluding carboxylic acids is 2. The van der Waals surface area contributed by atoms with Gasteiger partial charge in [0.2, 0.25) is 0 Å². The average molecular weight is 462 g/mol. The molecule has 0 saturated carbocycles. The summed E-state index contributed by atoms with van der Waals surface area (Å²) in [5.41, 5.74) is 0. The molecule has 0 heterocycles. The van der Waals surface area contributed by atoms with Crippen LogP contribution in [0, 0.1) is 11.8 Å². The van der Waals surface area contributed by atoms with E-state index >= 15 is 0 Å². The van der Waals surface area contributed by atoms with E-state index in [4.69, 9.17) is 9.47 Å². The van der Waals surface area contributed by atoms with E-state index in [0.717, 1.165) is 0 Å². The maximum absolute atomic E-state index is 12.8. The average Bonchev–Trinajstić information content (AvgIpc) is 2.42. The lowest BCUT2D eigenvalue weighted by Crippen LogP contribution is -2.43. The minimum Gasteiger partial charge on any atom is -0.468 e. The summed E-state index contributed by atoms with van der Waals surface area (Å²) in [5.74, 6) is -0.517. The molecule has 0 aromatic carbocycles. The number of hydrogen-bond acceptors (Lipinski definition) is 5. The summed E-state index contributed by atoms with van der Waals surface area (Å²) in [6.07, 6.45) is 0.961.